The lowest BCUT2D eigenvalue weighted by Crippen LogP contribution is -2.38. The van der Waals surface area contributed by atoms with Gasteiger partial charge in [-0.2, -0.15) is 5.26 Å². The molecule has 1 unspecified atom stereocenters. The lowest BCUT2D eigenvalue weighted by molar-refractivity contribution is -0.132. The van der Waals surface area contributed by atoms with E-state index in [4.69, 9.17) is 10.5 Å². The maximum Gasteiger partial charge on any atom is 0.352 e. The van der Waals surface area contributed by atoms with Crippen LogP contribution < -0.4 is 15.8 Å². The summed E-state index contributed by atoms with van der Waals surface area (Å²) in [4.78, 5) is 15.5. The fourth-order valence-electron chi connectivity index (χ4n) is 2.60. The number of carboxylic acids is 1. The smallest absolute Gasteiger partial charge is 0.352 e. The summed E-state index contributed by atoms with van der Waals surface area (Å²) in [6.07, 6.45) is 2.81. The van der Waals surface area contributed by atoms with Crippen molar-refractivity contribution in [1.82, 2.24) is 4.98 Å². The van der Waals surface area contributed by atoms with Crippen molar-refractivity contribution in [3.8, 4) is 11.8 Å². The van der Waals surface area contributed by atoms with E-state index in [0.717, 1.165) is 0 Å². The van der Waals surface area contributed by atoms with E-state index in [1.165, 1.54) is 13.2 Å². The van der Waals surface area contributed by atoms with Crippen LogP contribution in [0, 0.1) is 11.3 Å². The number of aromatic nitrogens is 1. The van der Waals surface area contributed by atoms with Crippen LogP contribution in [0.5, 0.6) is 5.75 Å². The van der Waals surface area contributed by atoms with E-state index >= 15 is 0 Å². The Bertz CT molecular complexity index is 869. The Balaban J connectivity index is 2.41. The highest BCUT2D eigenvalue weighted by Crippen LogP contribution is 2.42. The van der Waals surface area contributed by atoms with Crippen LogP contribution in [-0.2, 0) is 10.3 Å². The van der Waals surface area contributed by atoms with Crippen molar-refractivity contribution in [3.05, 3.63) is 41.7 Å². The van der Waals surface area contributed by atoms with Gasteiger partial charge >= 0.3 is 5.97 Å². The van der Waals surface area contributed by atoms with Gasteiger partial charge in [-0.15, -0.1) is 0 Å². The number of nitrogens with two attached hydrogens (primary N) is 1. The Morgan fingerprint density at radius 1 is 1.59 bits per heavy atom. The molecule has 0 fully saturated rings. The van der Waals surface area contributed by atoms with Crippen LogP contribution in [0.15, 0.2) is 36.2 Å². The number of nitrogens with zero attached hydrogens (tertiary/aromatic N) is 2. The van der Waals surface area contributed by atoms with Crippen molar-refractivity contribution in [1.29, 1.82) is 5.26 Å². The molecule has 2 heterocycles. The normalized spacial score (nSPS) is 19.6. The van der Waals surface area contributed by atoms with Gasteiger partial charge in [-0.25, -0.2) is 4.79 Å². The van der Waals surface area contributed by atoms with E-state index in [-0.39, 0.29) is 5.70 Å². The van der Waals surface area contributed by atoms with Gasteiger partial charge in [0.2, 0.25) is 0 Å². The molecule has 0 spiro atoms. The maximum absolute atomic E-state index is 11.2. The van der Waals surface area contributed by atoms with Crippen LogP contribution in [0.1, 0.15) is 5.56 Å². The highest BCUT2D eigenvalue weighted by molar-refractivity contribution is 5.99. The number of hydrogen-bond acceptors (Lipinski definition) is 6. The first-order chi connectivity index (χ1) is 10.5. The average Bonchev–Trinajstić information content (AvgIpc) is 2.53. The van der Waals surface area contributed by atoms with Gasteiger partial charge in [0.05, 0.1) is 13.2 Å². The van der Waals surface area contributed by atoms with E-state index in [9.17, 15) is 15.2 Å². The second-order valence-corrected chi connectivity index (χ2v) is 4.87. The molecular formula is C15H12N4O3. The molecule has 0 bridgehead atoms. The second-order valence-electron chi connectivity index (χ2n) is 4.87. The van der Waals surface area contributed by atoms with E-state index in [2.05, 4.69) is 10.3 Å². The van der Waals surface area contributed by atoms with Crippen LogP contribution in [0.2, 0.25) is 0 Å². The Labute approximate surface area is 125 Å². The molecule has 3 rings (SSSR count). The number of benzene rings is 1. The Kier molecular flexibility index (Phi) is 2.97. The van der Waals surface area contributed by atoms with E-state index in [1.54, 1.807) is 24.4 Å². The largest absolute Gasteiger partial charge is 0.494 e. The highest BCUT2D eigenvalue weighted by atomic mass is 16.5. The average molecular weight is 296 g/mol. The summed E-state index contributed by atoms with van der Waals surface area (Å²) >= 11 is 0. The summed E-state index contributed by atoms with van der Waals surface area (Å²) in [5.74, 6) is -0.727. The Hall–Kier alpha value is -3.11. The number of fused-ring (bicyclic) bond motifs is 3. The number of nitrogens with one attached hydrogen (secondary N) is 1. The van der Waals surface area contributed by atoms with Gasteiger partial charge in [0.15, 0.2) is 5.54 Å². The minimum absolute atomic E-state index is 0.151. The number of hydrogen-bond donors (Lipinski definition) is 3. The molecule has 22 heavy (non-hydrogen) atoms. The van der Waals surface area contributed by atoms with Crippen molar-refractivity contribution in [2.24, 2.45) is 5.73 Å². The minimum Gasteiger partial charge on any atom is -0.494 e. The monoisotopic (exact) mass is 296 g/mol. The van der Waals surface area contributed by atoms with E-state index in [0.29, 0.717) is 27.9 Å². The van der Waals surface area contributed by atoms with Crippen LogP contribution in [0.4, 0.5) is 5.69 Å². The fraction of sp³-hybridized carbons (Fsp3) is 0.133. The lowest BCUT2D eigenvalue weighted by atomic mass is 9.84. The van der Waals surface area contributed by atoms with Crippen molar-refractivity contribution in [2.45, 2.75) is 5.54 Å². The summed E-state index contributed by atoms with van der Waals surface area (Å²) in [5.41, 5.74) is 5.88. The molecule has 0 radical (unpaired) electrons. The van der Waals surface area contributed by atoms with Crippen LogP contribution >= 0.6 is 0 Å². The summed E-state index contributed by atoms with van der Waals surface area (Å²) in [6.45, 7) is 0. The molecule has 2 aromatic rings. The third-order valence-corrected chi connectivity index (χ3v) is 3.55. The number of anilines is 1. The number of aliphatic carboxylic acids is 1. The number of ether oxygens (including phenoxy) is 1. The molecule has 0 aliphatic carbocycles. The lowest BCUT2D eigenvalue weighted by Gasteiger charge is -2.29. The van der Waals surface area contributed by atoms with Gasteiger partial charge in [0, 0.05) is 28.9 Å². The third kappa shape index (κ3) is 1.86. The highest BCUT2D eigenvalue weighted by Gasteiger charge is 2.36. The SMILES string of the molecule is COc1cc2c(c3cccnc13)C(N)(C#N)C=C(C(=O)O)N2. The van der Waals surface area contributed by atoms with Gasteiger partial charge in [0.1, 0.15) is 17.0 Å². The first-order valence-corrected chi connectivity index (χ1v) is 6.39. The van der Waals surface area contributed by atoms with Crippen LogP contribution in [0.25, 0.3) is 10.9 Å². The molecule has 4 N–H and O–H groups in total. The number of carboxylic acid groups (broad SMARTS) is 1. The van der Waals surface area contributed by atoms with Gasteiger partial charge in [0.25, 0.3) is 0 Å². The van der Waals surface area contributed by atoms with E-state index < -0.39 is 11.5 Å². The van der Waals surface area contributed by atoms with Crippen molar-refractivity contribution < 1.29 is 14.6 Å². The summed E-state index contributed by atoms with van der Waals surface area (Å²) < 4.78 is 5.30. The summed E-state index contributed by atoms with van der Waals surface area (Å²) in [7, 11) is 1.49. The van der Waals surface area contributed by atoms with Gasteiger partial charge in [-0.05, 0) is 12.1 Å². The number of nitriles is 1. The first kappa shape index (κ1) is 13.9. The molecule has 1 aromatic carbocycles. The second kappa shape index (κ2) is 4.72. The molecule has 0 amide bonds. The molecular weight excluding hydrogens is 284 g/mol. The number of rotatable bonds is 2. The molecule has 0 saturated heterocycles. The Morgan fingerprint density at radius 2 is 2.36 bits per heavy atom. The predicted molar refractivity (Wildman–Crippen MR) is 79.1 cm³/mol. The molecule has 7 nitrogen and oxygen atoms in total. The quantitative estimate of drug-likeness (QED) is 0.763. The molecule has 1 aliphatic heterocycles. The summed E-state index contributed by atoms with van der Waals surface area (Å²) in [5, 5.41) is 22.1. The maximum atomic E-state index is 11.2. The molecule has 110 valence electrons. The Morgan fingerprint density at radius 3 is 3.00 bits per heavy atom. The van der Waals surface area contributed by atoms with Gasteiger partial charge in [-0.1, -0.05) is 6.07 Å². The minimum atomic E-state index is -1.57. The van der Waals surface area contributed by atoms with Gasteiger partial charge < -0.3 is 20.9 Å². The standard InChI is InChI=1S/C15H12N4O3/c1-22-11-5-9-12(8-3-2-4-18-13(8)11)15(17,7-16)6-10(19-9)14(20)21/h2-6,19H,17H2,1H3,(H,20,21). The number of pyridine rings is 1. The zero-order chi connectivity index (χ0) is 15.9. The topological polar surface area (TPSA) is 121 Å². The molecule has 1 aliphatic rings. The zero-order valence-corrected chi connectivity index (χ0v) is 11.6. The zero-order valence-electron chi connectivity index (χ0n) is 11.6. The molecule has 7 heteroatoms. The van der Waals surface area contributed by atoms with Crippen molar-refractivity contribution >= 4 is 22.6 Å². The molecule has 1 aromatic heterocycles. The number of methoxy groups -OCH3 is 1. The summed E-state index contributed by atoms with van der Waals surface area (Å²) in [6, 6.07) is 7.06. The van der Waals surface area contributed by atoms with Crippen molar-refractivity contribution in [2.75, 3.05) is 12.4 Å². The fourth-order valence-corrected chi connectivity index (χ4v) is 2.60. The first-order valence-electron chi connectivity index (χ1n) is 6.39. The van der Waals surface area contributed by atoms with E-state index in [1.807, 2.05) is 6.07 Å². The third-order valence-electron chi connectivity index (χ3n) is 3.55. The molecule has 0 saturated carbocycles. The number of carbonyl (C=O) groups is 1. The predicted octanol–water partition coefficient (Wildman–Crippen LogP) is 1.31. The van der Waals surface area contributed by atoms with Crippen molar-refractivity contribution in [3.63, 3.8) is 0 Å². The van der Waals surface area contributed by atoms with Crippen LogP contribution in [-0.4, -0.2) is 23.2 Å². The van der Waals surface area contributed by atoms with Gasteiger partial charge in [-0.3, -0.25) is 4.98 Å². The van der Waals surface area contributed by atoms with Crippen LogP contribution in [0.3, 0.4) is 0 Å². The molecule has 1 atom stereocenters.